The summed E-state index contributed by atoms with van der Waals surface area (Å²) in [5, 5.41) is 0. The van der Waals surface area contributed by atoms with Crippen molar-refractivity contribution in [2.75, 3.05) is 6.61 Å². The number of ether oxygens (including phenoxy) is 2. The molecule has 0 aliphatic carbocycles. The number of nitrogens with two attached hydrogens (primary N) is 1. The molecule has 6 heteroatoms. The molecule has 1 rings (SSSR count). The van der Waals surface area contributed by atoms with Crippen molar-refractivity contribution in [1.82, 2.24) is 0 Å². The molecule has 4 nitrogen and oxygen atoms in total. The number of carbonyl (C=O) groups is 1. The molecule has 0 radical (unpaired) electrons. The minimum absolute atomic E-state index is 0.0236. The maximum Gasteiger partial charge on any atom is 0.347 e. The number of hydrogen-bond donors (Lipinski definition) is 1. The van der Waals surface area contributed by atoms with Crippen LogP contribution in [0.5, 0.6) is 5.75 Å². The van der Waals surface area contributed by atoms with Gasteiger partial charge in [0, 0.05) is 11.6 Å². The first kappa shape index (κ1) is 16.4. The number of carbonyl (C=O) groups excluding carboxylic acids is 1. The Balaban J connectivity index is 2.86. The predicted molar refractivity (Wildman–Crippen MR) is 78.2 cm³/mol. The first-order valence-electron chi connectivity index (χ1n) is 6.42. The Labute approximate surface area is 123 Å². The molecule has 2 N–H and O–H groups in total. The van der Waals surface area contributed by atoms with Gasteiger partial charge in [-0.05, 0) is 25.5 Å². The largest absolute Gasteiger partial charge is 0.479 e. The van der Waals surface area contributed by atoms with Gasteiger partial charge < -0.3 is 15.2 Å². The molecular weight excluding hydrogens is 281 g/mol. The fraction of sp³-hybridized carbons (Fsp3) is 0.429. The molecule has 1 unspecified atom stereocenters. The summed E-state index contributed by atoms with van der Waals surface area (Å²) in [5.74, 6) is -0.781. The Morgan fingerprint density at radius 1 is 1.45 bits per heavy atom. The van der Waals surface area contributed by atoms with Gasteiger partial charge in [0.25, 0.3) is 0 Å². The number of rotatable bonds is 7. The van der Waals surface area contributed by atoms with Gasteiger partial charge >= 0.3 is 5.97 Å². The zero-order valence-corrected chi connectivity index (χ0v) is 12.3. The average Bonchev–Trinajstić information content (AvgIpc) is 2.38. The molecule has 0 amide bonds. The Morgan fingerprint density at radius 3 is 2.65 bits per heavy atom. The van der Waals surface area contributed by atoms with E-state index < -0.39 is 17.9 Å². The first-order chi connectivity index (χ1) is 9.49. The minimum atomic E-state index is -0.741. The molecule has 1 aromatic carbocycles. The van der Waals surface area contributed by atoms with Crippen LogP contribution in [0.2, 0.25) is 0 Å². The molecule has 0 aliphatic heterocycles. The Morgan fingerprint density at radius 2 is 2.15 bits per heavy atom. The molecule has 0 aliphatic rings. The summed E-state index contributed by atoms with van der Waals surface area (Å²) in [4.78, 5) is 11.7. The molecular formula is C14H18FNO3S. The fourth-order valence-corrected chi connectivity index (χ4v) is 1.82. The van der Waals surface area contributed by atoms with Crippen molar-refractivity contribution in [1.29, 1.82) is 0 Å². The van der Waals surface area contributed by atoms with E-state index in [0.717, 1.165) is 12.5 Å². The minimum Gasteiger partial charge on any atom is -0.479 e. The van der Waals surface area contributed by atoms with Crippen LogP contribution in [0.15, 0.2) is 18.2 Å². The molecule has 20 heavy (non-hydrogen) atoms. The van der Waals surface area contributed by atoms with Crippen molar-refractivity contribution in [3.63, 3.8) is 0 Å². The SMILES string of the molecule is CCCC(Oc1ccc(C(N)=S)c(F)c1)C(=O)OCC. The topological polar surface area (TPSA) is 61.5 Å². The third-order valence-corrected chi connectivity index (χ3v) is 2.80. The zero-order chi connectivity index (χ0) is 15.1. The highest BCUT2D eigenvalue weighted by molar-refractivity contribution is 7.80. The summed E-state index contributed by atoms with van der Waals surface area (Å²) in [7, 11) is 0. The highest BCUT2D eigenvalue weighted by Crippen LogP contribution is 2.19. The smallest absolute Gasteiger partial charge is 0.347 e. The van der Waals surface area contributed by atoms with Gasteiger partial charge in [-0.1, -0.05) is 25.6 Å². The molecule has 0 spiro atoms. The maximum absolute atomic E-state index is 13.7. The van der Waals surface area contributed by atoms with Crippen LogP contribution in [0.25, 0.3) is 0 Å². The van der Waals surface area contributed by atoms with Crippen LogP contribution >= 0.6 is 12.2 Å². The lowest BCUT2D eigenvalue weighted by Crippen LogP contribution is -2.29. The van der Waals surface area contributed by atoms with Crippen LogP contribution in [0.1, 0.15) is 32.3 Å². The summed E-state index contributed by atoms with van der Waals surface area (Å²) in [6.45, 7) is 3.92. The van der Waals surface area contributed by atoms with Crippen LogP contribution in [-0.2, 0) is 9.53 Å². The van der Waals surface area contributed by atoms with Crippen molar-refractivity contribution in [2.45, 2.75) is 32.8 Å². The molecule has 110 valence electrons. The fourth-order valence-electron chi connectivity index (χ4n) is 1.66. The van der Waals surface area contributed by atoms with Crippen molar-refractivity contribution in [2.24, 2.45) is 5.73 Å². The van der Waals surface area contributed by atoms with Gasteiger partial charge in [-0.25, -0.2) is 9.18 Å². The van der Waals surface area contributed by atoms with E-state index in [1.54, 1.807) is 6.92 Å². The molecule has 0 saturated heterocycles. The Bertz CT molecular complexity index is 493. The maximum atomic E-state index is 13.7. The van der Waals surface area contributed by atoms with Crippen molar-refractivity contribution < 1.29 is 18.7 Å². The van der Waals surface area contributed by atoms with Gasteiger partial charge in [-0.15, -0.1) is 0 Å². The summed E-state index contributed by atoms with van der Waals surface area (Å²) >= 11 is 4.72. The van der Waals surface area contributed by atoms with E-state index in [1.807, 2.05) is 6.92 Å². The lowest BCUT2D eigenvalue weighted by Gasteiger charge is -2.17. The van der Waals surface area contributed by atoms with Gasteiger partial charge in [-0.3, -0.25) is 0 Å². The molecule has 1 atom stereocenters. The van der Waals surface area contributed by atoms with E-state index >= 15 is 0 Å². The number of esters is 1. The molecule has 0 bridgehead atoms. The van der Waals surface area contributed by atoms with Gasteiger partial charge in [-0.2, -0.15) is 0 Å². The molecule has 0 aromatic heterocycles. The number of halogens is 1. The van der Waals surface area contributed by atoms with E-state index in [2.05, 4.69) is 0 Å². The molecule has 0 heterocycles. The normalized spacial score (nSPS) is 11.8. The standard InChI is InChI=1S/C14H18FNO3S/c1-3-5-12(14(17)18-4-2)19-9-6-7-10(13(16)20)11(15)8-9/h6-8,12H,3-5H2,1-2H3,(H2,16,20). The number of benzene rings is 1. The zero-order valence-electron chi connectivity index (χ0n) is 11.5. The highest BCUT2D eigenvalue weighted by Gasteiger charge is 2.21. The van der Waals surface area contributed by atoms with Crippen LogP contribution < -0.4 is 10.5 Å². The van der Waals surface area contributed by atoms with E-state index in [9.17, 15) is 9.18 Å². The number of thiocarbonyl (C=S) groups is 1. The van der Waals surface area contributed by atoms with Gasteiger partial charge in [0.15, 0.2) is 6.10 Å². The van der Waals surface area contributed by atoms with Crippen LogP contribution in [0.4, 0.5) is 4.39 Å². The molecule has 1 aromatic rings. The quantitative estimate of drug-likeness (QED) is 0.619. The Kier molecular flexibility index (Phi) is 6.38. The van der Waals surface area contributed by atoms with E-state index in [-0.39, 0.29) is 22.9 Å². The lowest BCUT2D eigenvalue weighted by molar-refractivity contribution is -0.151. The van der Waals surface area contributed by atoms with Gasteiger partial charge in [0.2, 0.25) is 0 Å². The first-order valence-corrected chi connectivity index (χ1v) is 6.83. The summed E-state index contributed by atoms with van der Waals surface area (Å²) in [6, 6.07) is 4.12. The highest BCUT2D eigenvalue weighted by atomic mass is 32.1. The molecule has 0 saturated carbocycles. The summed E-state index contributed by atoms with van der Waals surface area (Å²) in [5.41, 5.74) is 5.53. The van der Waals surface area contributed by atoms with E-state index in [1.165, 1.54) is 12.1 Å². The predicted octanol–water partition coefficient (Wildman–Crippen LogP) is 2.57. The van der Waals surface area contributed by atoms with Crippen LogP contribution in [0, 0.1) is 5.82 Å². The van der Waals surface area contributed by atoms with E-state index in [4.69, 9.17) is 27.4 Å². The second-order valence-electron chi connectivity index (χ2n) is 4.15. The van der Waals surface area contributed by atoms with Crippen LogP contribution in [-0.4, -0.2) is 23.7 Å². The molecule has 0 fully saturated rings. The third-order valence-electron chi connectivity index (χ3n) is 2.58. The van der Waals surface area contributed by atoms with Crippen molar-refractivity contribution in [3.8, 4) is 5.75 Å². The van der Waals surface area contributed by atoms with Gasteiger partial charge in [0.1, 0.15) is 16.6 Å². The van der Waals surface area contributed by atoms with Crippen LogP contribution in [0.3, 0.4) is 0 Å². The second kappa shape index (κ2) is 7.79. The monoisotopic (exact) mass is 299 g/mol. The summed E-state index contributed by atoms with van der Waals surface area (Å²) in [6.07, 6.45) is 0.504. The average molecular weight is 299 g/mol. The second-order valence-corrected chi connectivity index (χ2v) is 4.59. The number of hydrogen-bond acceptors (Lipinski definition) is 4. The van der Waals surface area contributed by atoms with Crippen molar-refractivity contribution >= 4 is 23.2 Å². The third kappa shape index (κ3) is 4.45. The van der Waals surface area contributed by atoms with Crippen molar-refractivity contribution in [3.05, 3.63) is 29.6 Å². The Hall–Kier alpha value is -1.69. The van der Waals surface area contributed by atoms with Gasteiger partial charge in [0.05, 0.1) is 6.61 Å². The van der Waals surface area contributed by atoms with E-state index in [0.29, 0.717) is 6.42 Å². The summed E-state index contributed by atoms with van der Waals surface area (Å²) < 4.78 is 24.1. The lowest BCUT2D eigenvalue weighted by atomic mass is 10.2.